The Hall–Kier alpha value is -2.37. The van der Waals surface area contributed by atoms with Crippen LogP contribution in [0.1, 0.15) is 32.1 Å². The Morgan fingerprint density at radius 1 is 1.19 bits per heavy atom. The largest absolute Gasteiger partial charge is 0.370 e. The minimum Gasteiger partial charge on any atom is -0.370 e. The highest BCUT2D eigenvalue weighted by Crippen LogP contribution is 2.38. The van der Waals surface area contributed by atoms with Crippen LogP contribution in [0, 0.1) is 0 Å². The topological polar surface area (TPSA) is 85.3 Å². The van der Waals surface area contributed by atoms with E-state index in [1.165, 1.54) is 6.42 Å². The second-order valence-corrected chi connectivity index (χ2v) is 5.76. The number of aromatic nitrogens is 2. The van der Waals surface area contributed by atoms with Crippen molar-refractivity contribution in [2.75, 3.05) is 5.32 Å². The van der Waals surface area contributed by atoms with Crippen molar-refractivity contribution in [1.29, 1.82) is 0 Å². The number of aliphatic imine (C=N–C) groups is 1. The molecular formula is C15H17N5O. The summed E-state index contributed by atoms with van der Waals surface area (Å²) in [6.45, 7) is 0. The normalized spacial score (nSPS) is 19.9. The number of anilines is 1. The van der Waals surface area contributed by atoms with Gasteiger partial charge in [-0.05, 0) is 37.8 Å². The fraction of sp³-hybridized carbons (Fsp3) is 0.400. The molecule has 1 aliphatic heterocycles. The number of benzene rings is 1. The number of nitrogens with zero attached hydrogens (tertiary/aromatic N) is 3. The van der Waals surface area contributed by atoms with E-state index in [-0.39, 0.29) is 5.56 Å². The Labute approximate surface area is 121 Å². The molecule has 1 spiro atoms. The van der Waals surface area contributed by atoms with Gasteiger partial charge in [-0.25, -0.2) is 9.98 Å². The first-order chi connectivity index (χ1) is 10.2. The van der Waals surface area contributed by atoms with Crippen LogP contribution in [0.15, 0.2) is 34.1 Å². The molecule has 2 aliphatic rings. The molecule has 21 heavy (non-hydrogen) atoms. The summed E-state index contributed by atoms with van der Waals surface area (Å²) in [6, 6.07) is 7.40. The zero-order valence-electron chi connectivity index (χ0n) is 11.7. The van der Waals surface area contributed by atoms with Gasteiger partial charge in [0.2, 0.25) is 5.95 Å². The molecule has 3 N–H and O–H groups in total. The van der Waals surface area contributed by atoms with Crippen LogP contribution in [0.25, 0.3) is 10.9 Å². The minimum atomic E-state index is -0.559. The summed E-state index contributed by atoms with van der Waals surface area (Å²) in [6.07, 6.45) is 4.95. The molecule has 0 bridgehead atoms. The summed E-state index contributed by atoms with van der Waals surface area (Å²) in [4.78, 5) is 22.1. The van der Waals surface area contributed by atoms with E-state index >= 15 is 0 Å². The molecule has 1 fully saturated rings. The van der Waals surface area contributed by atoms with Crippen molar-refractivity contribution >= 4 is 22.8 Å². The number of nitrogens with one attached hydrogen (secondary N) is 1. The van der Waals surface area contributed by atoms with E-state index in [4.69, 9.17) is 5.73 Å². The Balaban J connectivity index is 2.05. The second kappa shape index (κ2) is 4.31. The van der Waals surface area contributed by atoms with Crippen molar-refractivity contribution in [3.63, 3.8) is 0 Å². The summed E-state index contributed by atoms with van der Waals surface area (Å²) < 4.78 is 1.71. The highest BCUT2D eigenvalue weighted by molar-refractivity contribution is 5.93. The van der Waals surface area contributed by atoms with E-state index < -0.39 is 5.66 Å². The third kappa shape index (κ3) is 1.75. The van der Waals surface area contributed by atoms with Crippen molar-refractivity contribution in [3.05, 3.63) is 34.6 Å². The maximum Gasteiger partial charge on any atom is 0.264 e. The summed E-state index contributed by atoms with van der Waals surface area (Å²) >= 11 is 0. The molecule has 1 aliphatic carbocycles. The number of nitrogens with two attached hydrogens (primary N) is 1. The van der Waals surface area contributed by atoms with Crippen molar-refractivity contribution < 1.29 is 0 Å². The van der Waals surface area contributed by atoms with Crippen molar-refractivity contribution in [2.45, 2.75) is 37.8 Å². The van der Waals surface area contributed by atoms with Gasteiger partial charge in [0.05, 0.1) is 10.9 Å². The van der Waals surface area contributed by atoms with Crippen LogP contribution >= 0.6 is 0 Å². The van der Waals surface area contributed by atoms with Crippen LogP contribution in [0.4, 0.5) is 5.95 Å². The van der Waals surface area contributed by atoms with Gasteiger partial charge in [0.1, 0.15) is 5.66 Å². The van der Waals surface area contributed by atoms with Crippen LogP contribution in [0.2, 0.25) is 0 Å². The Morgan fingerprint density at radius 2 is 1.95 bits per heavy atom. The van der Waals surface area contributed by atoms with E-state index in [1.54, 1.807) is 4.57 Å². The average Bonchev–Trinajstić information content (AvgIpc) is 2.47. The molecule has 1 aromatic heterocycles. The molecular weight excluding hydrogens is 266 g/mol. The highest BCUT2D eigenvalue weighted by atomic mass is 16.1. The molecule has 0 amide bonds. The molecule has 1 saturated carbocycles. The second-order valence-electron chi connectivity index (χ2n) is 5.76. The van der Waals surface area contributed by atoms with Gasteiger partial charge in [-0.15, -0.1) is 0 Å². The lowest BCUT2D eigenvalue weighted by Gasteiger charge is -2.39. The number of rotatable bonds is 0. The van der Waals surface area contributed by atoms with Gasteiger partial charge in [0.15, 0.2) is 5.96 Å². The smallest absolute Gasteiger partial charge is 0.264 e. The van der Waals surface area contributed by atoms with Gasteiger partial charge < -0.3 is 5.73 Å². The zero-order valence-corrected chi connectivity index (χ0v) is 11.7. The monoisotopic (exact) mass is 283 g/mol. The van der Waals surface area contributed by atoms with Crippen molar-refractivity contribution in [3.8, 4) is 0 Å². The molecule has 0 atom stereocenters. The third-order valence-electron chi connectivity index (χ3n) is 4.41. The summed E-state index contributed by atoms with van der Waals surface area (Å²) in [5, 5.41) is 3.57. The molecule has 0 unspecified atom stereocenters. The SMILES string of the molecule is NC1=NC2(CCCCC2)n2c(nc3ccccc3c2=O)N1. The van der Waals surface area contributed by atoms with E-state index in [2.05, 4.69) is 15.3 Å². The Kier molecular flexibility index (Phi) is 2.54. The molecule has 1 aromatic carbocycles. The first-order valence-corrected chi connectivity index (χ1v) is 7.34. The van der Waals surface area contributed by atoms with Gasteiger partial charge >= 0.3 is 0 Å². The van der Waals surface area contributed by atoms with Crippen molar-refractivity contribution in [1.82, 2.24) is 9.55 Å². The number of para-hydroxylation sites is 1. The predicted octanol–water partition coefficient (Wildman–Crippen LogP) is 1.75. The van der Waals surface area contributed by atoms with E-state index in [0.29, 0.717) is 22.8 Å². The zero-order chi connectivity index (χ0) is 14.4. The van der Waals surface area contributed by atoms with Gasteiger partial charge in [-0.1, -0.05) is 18.6 Å². The Morgan fingerprint density at radius 3 is 2.76 bits per heavy atom. The van der Waals surface area contributed by atoms with Crippen LogP contribution in [0.5, 0.6) is 0 Å². The molecule has 0 saturated heterocycles. The average molecular weight is 283 g/mol. The first-order valence-electron chi connectivity index (χ1n) is 7.34. The Bertz CT molecular complexity index is 801. The van der Waals surface area contributed by atoms with E-state index in [1.807, 2.05) is 24.3 Å². The highest BCUT2D eigenvalue weighted by Gasteiger charge is 2.39. The molecule has 2 aromatic rings. The summed E-state index contributed by atoms with van der Waals surface area (Å²) in [5.41, 5.74) is 6.02. The van der Waals surface area contributed by atoms with Crippen LogP contribution in [-0.2, 0) is 5.66 Å². The van der Waals surface area contributed by atoms with Crippen LogP contribution < -0.4 is 16.6 Å². The maximum absolute atomic E-state index is 12.9. The lowest BCUT2D eigenvalue weighted by molar-refractivity contribution is 0.198. The van der Waals surface area contributed by atoms with E-state index in [0.717, 1.165) is 25.7 Å². The number of hydrogen-bond acceptors (Lipinski definition) is 5. The molecule has 0 radical (unpaired) electrons. The van der Waals surface area contributed by atoms with Gasteiger partial charge in [0, 0.05) is 0 Å². The molecule has 2 heterocycles. The predicted molar refractivity (Wildman–Crippen MR) is 82.3 cm³/mol. The lowest BCUT2D eigenvalue weighted by atomic mass is 9.88. The molecule has 108 valence electrons. The molecule has 6 nitrogen and oxygen atoms in total. The molecule has 4 rings (SSSR count). The number of fused-ring (bicyclic) bond motifs is 3. The van der Waals surface area contributed by atoms with Gasteiger partial charge in [0.25, 0.3) is 5.56 Å². The minimum absolute atomic E-state index is 0.0405. The van der Waals surface area contributed by atoms with Gasteiger partial charge in [-0.3, -0.25) is 14.7 Å². The number of hydrogen-bond donors (Lipinski definition) is 2. The van der Waals surface area contributed by atoms with Crippen molar-refractivity contribution in [2.24, 2.45) is 10.7 Å². The summed E-state index contributed by atoms with van der Waals surface area (Å²) in [7, 11) is 0. The van der Waals surface area contributed by atoms with Gasteiger partial charge in [-0.2, -0.15) is 0 Å². The maximum atomic E-state index is 12.9. The summed E-state index contributed by atoms with van der Waals surface area (Å²) in [5.74, 6) is 0.854. The molecule has 6 heteroatoms. The van der Waals surface area contributed by atoms with E-state index in [9.17, 15) is 4.79 Å². The standard InChI is InChI=1S/C15H17N5O/c16-13-18-14-17-11-7-3-2-6-10(11)12(21)20(14)15(19-13)8-4-1-5-9-15/h2-3,6-7H,1,4-5,8-9H2,(H3,16,17,18,19). The van der Waals surface area contributed by atoms with Crippen LogP contribution in [-0.4, -0.2) is 15.5 Å². The first kappa shape index (κ1) is 12.4. The third-order valence-corrected chi connectivity index (χ3v) is 4.41. The fourth-order valence-corrected chi connectivity index (χ4v) is 3.47. The lowest BCUT2D eigenvalue weighted by Crippen LogP contribution is -2.49. The quantitative estimate of drug-likeness (QED) is 0.771. The number of guanidine groups is 1. The van der Waals surface area contributed by atoms with Crippen LogP contribution in [0.3, 0.4) is 0 Å². The fourth-order valence-electron chi connectivity index (χ4n) is 3.47.